The monoisotopic (exact) mass is 279 g/mol. The topological polar surface area (TPSA) is 78.0 Å². The van der Waals surface area contributed by atoms with Gasteiger partial charge in [-0.25, -0.2) is 0 Å². The molecule has 100 valence electrons. The number of rotatable bonds is 2. The minimum atomic E-state index is -0.200. The average molecular weight is 280 g/mol. The first-order valence-electron chi connectivity index (χ1n) is 5.82. The van der Waals surface area contributed by atoms with E-state index in [1.165, 1.54) is 0 Å². The number of aliphatic hydroxyl groups is 1. The van der Waals surface area contributed by atoms with Crippen molar-refractivity contribution in [3.63, 3.8) is 0 Å². The SMILES string of the molecule is Cl.O=C1NC(CO)Cc2[nH]c(-c3ccncc3)cc21. The lowest BCUT2D eigenvalue weighted by atomic mass is 10.0. The second-order valence-electron chi connectivity index (χ2n) is 4.37. The van der Waals surface area contributed by atoms with Crippen molar-refractivity contribution in [1.29, 1.82) is 0 Å². The molecule has 0 radical (unpaired) electrons. The van der Waals surface area contributed by atoms with E-state index in [1.807, 2.05) is 18.2 Å². The molecule has 2 aromatic rings. The van der Waals surface area contributed by atoms with Gasteiger partial charge in [0.15, 0.2) is 0 Å². The third-order valence-corrected chi connectivity index (χ3v) is 3.14. The molecule has 3 N–H and O–H groups in total. The molecule has 1 amide bonds. The minimum absolute atomic E-state index is 0. The van der Waals surface area contributed by atoms with Gasteiger partial charge < -0.3 is 15.4 Å². The van der Waals surface area contributed by atoms with E-state index in [0.29, 0.717) is 12.0 Å². The number of amides is 1. The molecule has 0 aromatic carbocycles. The number of nitrogens with one attached hydrogen (secondary N) is 2. The highest BCUT2D eigenvalue weighted by Crippen LogP contribution is 2.24. The van der Waals surface area contributed by atoms with E-state index in [9.17, 15) is 4.79 Å². The Morgan fingerprint density at radius 3 is 2.79 bits per heavy atom. The van der Waals surface area contributed by atoms with Gasteiger partial charge in [0.1, 0.15) is 0 Å². The van der Waals surface area contributed by atoms with Gasteiger partial charge in [-0.3, -0.25) is 9.78 Å². The fourth-order valence-corrected chi connectivity index (χ4v) is 2.22. The Bertz CT molecular complexity index is 583. The summed E-state index contributed by atoms with van der Waals surface area (Å²) in [5.41, 5.74) is 3.43. The Morgan fingerprint density at radius 1 is 1.37 bits per heavy atom. The fraction of sp³-hybridized carbons (Fsp3) is 0.231. The zero-order chi connectivity index (χ0) is 12.5. The van der Waals surface area contributed by atoms with E-state index in [4.69, 9.17) is 5.11 Å². The number of halogens is 1. The van der Waals surface area contributed by atoms with Gasteiger partial charge in [0.25, 0.3) is 5.91 Å². The predicted octanol–water partition coefficient (Wildman–Crippen LogP) is 1.15. The molecule has 6 heteroatoms. The molecule has 19 heavy (non-hydrogen) atoms. The number of aliphatic hydroxyl groups excluding tert-OH is 1. The first-order valence-corrected chi connectivity index (χ1v) is 5.82. The summed E-state index contributed by atoms with van der Waals surface area (Å²) in [6, 6.07) is 5.42. The van der Waals surface area contributed by atoms with Gasteiger partial charge in [-0.1, -0.05) is 0 Å². The summed E-state index contributed by atoms with van der Waals surface area (Å²) in [7, 11) is 0. The van der Waals surface area contributed by atoms with Crippen LogP contribution in [0.1, 0.15) is 16.1 Å². The van der Waals surface area contributed by atoms with Crippen LogP contribution < -0.4 is 5.32 Å². The number of carbonyl (C=O) groups is 1. The highest BCUT2D eigenvalue weighted by atomic mass is 35.5. The normalized spacial score (nSPS) is 17.3. The first kappa shape index (κ1) is 13.6. The summed E-state index contributed by atoms with van der Waals surface area (Å²) in [5, 5.41) is 11.9. The van der Waals surface area contributed by atoms with Crippen LogP contribution in [0.2, 0.25) is 0 Å². The summed E-state index contributed by atoms with van der Waals surface area (Å²) in [6.45, 7) is -0.0468. The van der Waals surface area contributed by atoms with Gasteiger partial charge in [-0.05, 0) is 18.2 Å². The van der Waals surface area contributed by atoms with E-state index in [1.54, 1.807) is 12.4 Å². The van der Waals surface area contributed by atoms with Crippen LogP contribution >= 0.6 is 12.4 Å². The van der Waals surface area contributed by atoms with Gasteiger partial charge in [0.2, 0.25) is 0 Å². The molecule has 0 bridgehead atoms. The zero-order valence-corrected chi connectivity index (χ0v) is 10.9. The van der Waals surface area contributed by atoms with Crippen LogP contribution in [0.4, 0.5) is 0 Å². The lowest BCUT2D eigenvalue weighted by Crippen LogP contribution is -2.43. The molecule has 1 aliphatic heterocycles. The van der Waals surface area contributed by atoms with E-state index < -0.39 is 0 Å². The third kappa shape index (κ3) is 2.47. The Labute approximate surface area is 116 Å². The van der Waals surface area contributed by atoms with Crippen molar-refractivity contribution in [2.45, 2.75) is 12.5 Å². The molecule has 0 fully saturated rings. The third-order valence-electron chi connectivity index (χ3n) is 3.14. The van der Waals surface area contributed by atoms with Gasteiger partial charge in [-0.15, -0.1) is 12.4 Å². The van der Waals surface area contributed by atoms with Crippen LogP contribution in [0.15, 0.2) is 30.6 Å². The Hall–Kier alpha value is -1.85. The number of fused-ring (bicyclic) bond motifs is 1. The molecule has 0 aliphatic carbocycles. The quantitative estimate of drug-likeness (QED) is 0.771. The van der Waals surface area contributed by atoms with Crippen molar-refractivity contribution < 1.29 is 9.90 Å². The molecule has 0 saturated heterocycles. The number of nitrogens with zero attached hydrogens (tertiary/aromatic N) is 1. The molecular formula is C13H14ClN3O2. The van der Waals surface area contributed by atoms with Crippen LogP contribution in [0.3, 0.4) is 0 Å². The van der Waals surface area contributed by atoms with Crippen molar-refractivity contribution >= 4 is 18.3 Å². The number of carbonyl (C=O) groups excluding carboxylic acids is 1. The van der Waals surface area contributed by atoms with Gasteiger partial charge in [0.05, 0.1) is 18.2 Å². The second kappa shape index (κ2) is 5.42. The van der Waals surface area contributed by atoms with Crippen molar-refractivity contribution in [2.24, 2.45) is 0 Å². The molecule has 1 unspecified atom stereocenters. The lowest BCUT2D eigenvalue weighted by Gasteiger charge is -2.21. The number of hydrogen-bond acceptors (Lipinski definition) is 3. The summed E-state index contributed by atoms with van der Waals surface area (Å²) in [5.74, 6) is -0.133. The Morgan fingerprint density at radius 2 is 2.11 bits per heavy atom. The first-order chi connectivity index (χ1) is 8.78. The molecule has 0 spiro atoms. The zero-order valence-electron chi connectivity index (χ0n) is 10.1. The van der Waals surface area contributed by atoms with E-state index in [-0.39, 0.29) is 31.0 Å². The summed E-state index contributed by atoms with van der Waals surface area (Å²) >= 11 is 0. The average Bonchev–Trinajstić information content (AvgIpc) is 2.84. The maximum atomic E-state index is 11.8. The van der Waals surface area contributed by atoms with Crippen molar-refractivity contribution in [3.05, 3.63) is 41.9 Å². The number of pyridine rings is 1. The number of hydrogen-bond donors (Lipinski definition) is 3. The van der Waals surface area contributed by atoms with Crippen LogP contribution in [0.5, 0.6) is 0 Å². The summed E-state index contributed by atoms with van der Waals surface area (Å²) in [4.78, 5) is 19.1. The van der Waals surface area contributed by atoms with Crippen molar-refractivity contribution in [1.82, 2.24) is 15.3 Å². The largest absolute Gasteiger partial charge is 0.394 e. The maximum absolute atomic E-state index is 11.8. The second-order valence-corrected chi connectivity index (χ2v) is 4.37. The van der Waals surface area contributed by atoms with Crippen LogP contribution in [-0.2, 0) is 6.42 Å². The lowest BCUT2D eigenvalue weighted by molar-refractivity contribution is 0.0901. The van der Waals surface area contributed by atoms with Gasteiger partial charge >= 0.3 is 0 Å². The predicted molar refractivity (Wildman–Crippen MR) is 73.3 cm³/mol. The molecular weight excluding hydrogens is 266 g/mol. The molecule has 5 nitrogen and oxygen atoms in total. The molecule has 0 saturated carbocycles. The molecule has 3 rings (SSSR count). The standard InChI is InChI=1S/C13H13N3O2.ClH/c17-7-9-5-12-10(13(18)15-9)6-11(16-12)8-1-3-14-4-2-8;/h1-4,6,9,16-17H,5,7H2,(H,15,18);1H. The van der Waals surface area contributed by atoms with Crippen molar-refractivity contribution in [3.8, 4) is 11.3 Å². The highest BCUT2D eigenvalue weighted by Gasteiger charge is 2.25. The number of H-pyrrole nitrogens is 1. The fourth-order valence-electron chi connectivity index (χ4n) is 2.22. The van der Waals surface area contributed by atoms with Gasteiger partial charge in [-0.2, -0.15) is 0 Å². The maximum Gasteiger partial charge on any atom is 0.253 e. The Balaban J connectivity index is 0.00000133. The van der Waals surface area contributed by atoms with Crippen LogP contribution in [-0.4, -0.2) is 33.6 Å². The highest BCUT2D eigenvalue weighted by molar-refractivity contribution is 5.98. The van der Waals surface area contributed by atoms with Crippen LogP contribution in [0, 0.1) is 0 Å². The molecule has 1 aliphatic rings. The smallest absolute Gasteiger partial charge is 0.253 e. The van der Waals surface area contributed by atoms with E-state index >= 15 is 0 Å². The molecule has 2 aromatic heterocycles. The summed E-state index contributed by atoms with van der Waals surface area (Å²) < 4.78 is 0. The Kier molecular flexibility index (Phi) is 3.87. The van der Waals surface area contributed by atoms with Crippen LogP contribution in [0.25, 0.3) is 11.3 Å². The summed E-state index contributed by atoms with van der Waals surface area (Å²) in [6.07, 6.45) is 4.06. The van der Waals surface area contributed by atoms with Gasteiger partial charge in [0, 0.05) is 35.8 Å². The van der Waals surface area contributed by atoms with E-state index in [2.05, 4.69) is 15.3 Å². The minimum Gasteiger partial charge on any atom is -0.394 e. The molecule has 1 atom stereocenters. The van der Waals surface area contributed by atoms with Crippen molar-refractivity contribution in [2.75, 3.05) is 6.61 Å². The number of aromatic nitrogens is 2. The molecule has 3 heterocycles. The van der Waals surface area contributed by atoms with E-state index in [0.717, 1.165) is 17.0 Å². The number of aromatic amines is 1.